The van der Waals surface area contributed by atoms with Gasteiger partial charge in [0.1, 0.15) is 0 Å². The topological polar surface area (TPSA) is 77.9 Å². The van der Waals surface area contributed by atoms with E-state index in [1.807, 2.05) is 0 Å². The van der Waals surface area contributed by atoms with Crippen LogP contribution in [0.3, 0.4) is 0 Å². The molecule has 1 N–H and O–H groups in total. The zero-order chi connectivity index (χ0) is 15.7. The minimum atomic E-state index is -4.65. The number of carbonyl (C=O) groups excluding carboxylic acids is 2. The van der Waals surface area contributed by atoms with E-state index in [0.29, 0.717) is 4.90 Å². The Balaban J connectivity index is 2.95. The van der Waals surface area contributed by atoms with E-state index < -0.39 is 55.6 Å². The molecule has 0 aromatic carbocycles. The predicted molar refractivity (Wildman–Crippen MR) is 60.7 cm³/mol. The van der Waals surface area contributed by atoms with Crippen LogP contribution in [-0.2, 0) is 14.4 Å². The first kappa shape index (κ1) is 16.4. The molecule has 0 aliphatic carbocycles. The highest BCUT2D eigenvalue weighted by molar-refractivity contribution is 6.05. The fourth-order valence-corrected chi connectivity index (χ4v) is 2.14. The van der Waals surface area contributed by atoms with Crippen molar-refractivity contribution in [2.45, 2.75) is 38.5 Å². The van der Waals surface area contributed by atoms with E-state index in [0.717, 1.165) is 4.90 Å². The first-order chi connectivity index (χ1) is 9.03. The molecule has 114 valence electrons. The van der Waals surface area contributed by atoms with Gasteiger partial charge in [-0.2, -0.15) is 13.2 Å². The van der Waals surface area contributed by atoms with Crippen LogP contribution in [0.25, 0.3) is 0 Å². The van der Waals surface area contributed by atoms with Crippen molar-refractivity contribution in [1.29, 1.82) is 0 Å². The summed E-state index contributed by atoms with van der Waals surface area (Å²) < 4.78 is 37.3. The average Bonchev–Trinajstić information content (AvgIpc) is 2.50. The quantitative estimate of drug-likeness (QED) is 0.746. The zero-order valence-corrected chi connectivity index (χ0v) is 11.0. The number of aliphatic carboxylic acids is 1. The number of carbonyl (C=O) groups is 3. The van der Waals surface area contributed by atoms with Crippen LogP contribution >= 0.6 is 0 Å². The van der Waals surface area contributed by atoms with Crippen molar-refractivity contribution in [3.63, 3.8) is 0 Å². The molecule has 1 rings (SSSR count). The van der Waals surface area contributed by atoms with Crippen LogP contribution < -0.4 is 0 Å². The number of nitrogens with zero attached hydrogens (tertiary/aromatic N) is 2. The van der Waals surface area contributed by atoms with Gasteiger partial charge in [-0.1, -0.05) is 0 Å². The smallest absolute Gasteiger partial charge is 0.401 e. The molecule has 1 atom stereocenters. The number of carboxylic acid groups (broad SMARTS) is 1. The normalized spacial score (nSPS) is 20.4. The molecule has 1 saturated heterocycles. The molecular weight excluding hydrogens is 281 g/mol. The highest BCUT2D eigenvalue weighted by Gasteiger charge is 2.46. The largest absolute Gasteiger partial charge is 0.480 e. The number of hydrogen-bond donors (Lipinski definition) is 1. The van der Waals surface area contributed by atoms with Crippen LogP contribution in [-0.4, -0.2) is 64.0 Å². The summed E-state index contributed by atoms with van der Waals surface area (Å²) in [6, 6.07) is -1.85. The molecule has 0 aromatic heterocycles. The summed E-state index contributed by atoms with van der Waals surface area (Å²) in [4.78, 5) is 35.6. The lowest BCUT2D eigenvalue weighted by Gasteiger charge is -2.27. The van der Waals surface area contributed by atoms with Crippen LogP contribution in [0.4, 0.5) is 13.2 Å². The number of hydrogen-bond acceptors (Lipinski definition) is 4. The van der Waals surface area contributed by atoms with Gasteiger partial charge < -0.3 is 5.11 Å². The van der Waals surface area contributed by atoms with Crippen molar-refractivity contribution in [2.24, 2.45) is 0 Å². The van der Waals surface area contributed by atoms with Gasteiger partial charge in [-0.05, 0) is 13.8 Å². The molecule has 1 aliphatic rings. The summed E-state index contributed by atoms with van der Waals surface area (Å²) in [6.45, 7) is 0.622. The summed E-state index contributed by atoms with van der Waals surface area (Å²) in [5.41, 5.74) is 0. The van der Waals surface area contributed by atoms with E-state index in [1.54, 1.807) is 13.8 Å². The van der Waals surface area contributed by atoms with E-state index in [9.17, 15) is 27.6 Å². The van der Waals surface area contributed by atoms with Gasteiger partial charge in [0.2, 0.25) is 11.8 Å². The summed E-state index contributed by atoms with van der Waals surface area (Å²) in [6.07, 6.45) is -5.08. The van der Waals surface area contributed by atoms with Crippen molar-refractivity contribution in [2.75, 3.05) is 13.1 Å². The van der Waals surface area contributed by atoms with Crippen molar-refractivity contribution in [3.8, 4) is 0 Å². The third-order valence-corrected chi connectivity index (χ3v) is 2.84. The molecule has 20 heavy (non-hydrogen) atoms. The van der Waals surface area contributed by atoms with Gasteiger partial charge in [0, 0.05) is 6.04 Å². The first-order valence-electron chi connectivity index (χ1n) is 5.91. The van der Waals surface area contributed by atoms with Crippen molar-refractivity contribution in [3.05, 3.63) is 0 Å². The third-order valence-electron chi connectivity index (χ3n) is 2.84. The Kier molecular flexibility index (Phi) is 4.74. The minimum Gasteiger partial charge on any atom is -0.480 e. The third kappa shape index (κ3) is 3.92. The second kappa shape index (κ2) is 5.78. The lowest BCUT2D eigenvalue weighted by molar-refractivity contribution is -0.160. The Morgan fingerprint density at radius 2 is 2.00 bits per heavy atom. The zero-order valence-electron chi connectivity index (χ0n) is 11.0. The molecule has 0 radical (unpaired) electrons. The van der Waals surface area contributed by atoms with Crippen LogP contribution in [0.15, 0.2) is 0 Å². The summed E-state index contributed by atoms with van der Waals surface area (Å²) in [7, 11) is 0. The fourth-order valence-electron chi connectivity index (χ4n) is 2.14. The van der Waals surface area contributed by atoms with Gasteiger partial charge >= 0.3 is 12.1 Å². The summed E-state index contributed by atoms with van der Waals surface area (Å²) in [5, 5.41) is 8.65. The van der Waals surface area contributed by atoms with Crippen LogP contribution in [0.5, 0.6) is 0 Å². The Hall–Kier alpha value is -1.64. The average molecular weight is 296 g/mol. The molecule has 9 heteroatoms. The maximum Gasteiger partial charge on any atom is 0.401 e. The van der Waals surface area contributed by atoms with E-state index in [1.165, 1.54) is 0 Å². The molecule has 0 spiro atoms. The number of halogens is 3. The van der Waals surface area contributed by atoms with Gasteiger partial charge in [0.25, 0.3) is 0 Å². The van der Waals surface area contributed by atoms with E-state index >= 15 is 0 Å². The van der Waals surface area contributed by atoms with Gasteiger partial charge in [0.15, 0.2) is 0 Å². The Labute approximate surface area is 113 Å². The number of carboxylic acids is 1. The lowest BCUT2D eigenvalue weighted by atomic mass is 10.2. The highest BCUT2D eigenvalue weighted by Crippen LogP contribution is 2.25. The maximum atomic E-state index is 12.4. The van der Waals surface area contributed by atoms with Crippen LogP contribution in [0, 0.1) is 0 Å². The number of amides is 2. The molecule has 1 aliphatic heterocycles. The van der Waals surface area contributed by atoms with Crippen molar-refractivity contribution in [1.82, 2.24) is 9.80 Å². The molecule has 0 bridgehead atoms. The number of imide groups is 1. The molecule has 2 amide bonds. The Morgan fingerprint density at radius 1 is 1.45 bits per heavy atom. The van der Waals surface area contributed by atoms with Crippen molar-refractivity contribution < 1.29 is 32.7 Å². The summed E-state index contributed by atoms with van der Waals surface area (Å²) >= 11 is 0. The highest BCUT2D eigenvalue weighted by atomic mass is 19.4. The number of rotatable bonds is 5. The van der Waals surface area contributed by atoms with E-state index in [2.05, 4.69) is 0 Å². The van der Waals surface area contributed by atoms with E-state index in [-0.39, 0.29) is 0 Å². The van der Waals surface area contributed by atoms with Gasteiger partial charge in [-0.25, -0.2) is 0 Å². The minimum absolute atomic E-state index is 0.430. The Bertz CT molecular complexity index is 422. The summed E-state index contributed by atoms with van der Waals surface area (Å²) in [5.74, 6) is -2.86. The molecule has 0 aromatic rings. The first-order valence-corrected chi connectivity index (χ1v) is 5.91. The fraction of sp³-hybridized carbons (Fsp3) is 0.727. The van der Waals surface area contributed by atoms with E-state index in [4.69, 9.17) is 5.11 Å². The SMILES string of the molecule is CC(C)N1C(=O)CC(N(CC(=O)O)CC(F)(F)F)C1=O. The van der Waals surface area contributed by atoms with Crippen LogP contribution in [0.2, 0.25) is 0 Å². The second-order valence-corrected chi connectivity index (χ2v) is 4.83. The van der Waals surface area contributed by atoms with Gasteiger partial charge in [-0.15, -0.1) is 0 Å². The van der Waals surface area contributed by atoms with Crippen LogP contribution in [0.1, 0.15) is 20.3 Å². The Morgan fingerprint density at radius 3 is 2.35 bits per heavy atom. The predicted octanol–water partition coefficient (Wildman–Crippen LogP) is 0.471. The molecule has 1 heterocycles. The maximum absolute atomic E-state index is 12.4. The van der Waals surface area contributed by atoms with Crippen molar-refractivity contribution >= 4 is 17.8 Å². The molecule has 1 unspecified atom stereocenters. The number of likely N-dealkylation sites (tertiary alicyclic amines) is 1. The molecule has 0 saturated carbocycles. The molecule has 1 fully saturated rings. The molecule has 6 nitrogen and oxygen atoms in total. The monoisotopic (exact) mass is 296 g/mol. The molecular formula is C11H15F3N2O4. The standard InChI is InChI=1S/C11H15F3N2O4/c1-6(2)16-8(17)3-7(10(16)20)15(4-9(18)19)5-11(12,13)14/h6-7H,3-5H2,1-2H3,(H,18,19). The second-order valence-electron chi connectivity index (χ2n) is 4.83. The van der Waals surface area contributed by atoms with Gasteiger partial charge in [0.05, 0.1) is 25.6 Å². The van der Waals surface area contributed by atoms with Gasteiger partial charge in [-0.3, -0.25) is 24.2 Å². The lowest BCUT2D eigenvalue weighted by Crippen LogP contribution is -2.49. The number of alkyl halides is 3.